The van der Waals surface area contributed by atoms with Gasteiger partial charge in [0.25, 0.3) is 0 Å². The predicted molar refractivity (Wildman–Crippen MR) is 74.3 cm³/mol. The van der Waals surface area contributed by atoms with Gasteiger partial charge in [-0.1, -0.05) is 6.07 Å². The summed E-state index contributed by atoms with van der Waals surface area (Å²) >= 11 is 0. The van der Waals surface area contributed by atoms with Crippen LogP contribution in [0.15, 0.2) is 10.9 Å². The molecule has 0 atom stereocenters. The molecule has 0 unspecified atom stereocenters. The summed E-state index contributed by atoms with van der Waals surface area (Å²) in [4.78, 5) is 21.2. The van der Waals surface area contributed by atoms with Gasteiger partial charge in [0.15, 0.2) is 0 Å². The highest BCUT2D eigenvalue weighted by Gasteiger charge is 2.24. The molecule has 0 amide bonds. The second-order valence-corrected chi connectivity index (χ2v) is 5.18. The highest BCUT2D eigenvalue weighted by Crippen LogP contribution is 2.32. The zero-order valence-electron chi connectivity index (χ0n) is 11.0. The minimum atomic E-state index is 0.102. The number of aryl methyl sites for hydroxylation is 2. The van der Waals surface area contributed by atoms with Crippen LogP contribution in [0.3, 0.4) is 0 Å². The SMILES string of the molecule is Bc1cc2c(C)nc(C)nc2n(C2CCC2)c1=O. The van der Waals surface area contributed by atoms with E-state index in [4.69, 9.17) is 0 Å². The Hall–Kier alpha value is -1.65. The minimum Gasteiger partial charge on any atom is -0.290 e. The van der Waals surface area contributed by atoms with Crippen molar-refractivity contribution >= 4 is 24.3 Å². The summed E-state index contributed by atoms with van der Waals surface area (Å²) in [6.45, 7) is 3.86. The van der Waals surface area contributed by atoms with Gasteiger partial charge in [0.05, 0.1) is 5.69 Å². The maximum Gasteiger partial charge on any atom is 0.246 e. The Morgan fingerprint density at radius 3 is 2.67 bits per heavy atom. The lowest BCUT2D eigenvalue weighted by atomic mass is 9.90. The molecule has 18 heavy (non-hydrogen) atoms. The summed E-state index contributed by atoms with van der Waals surface area (Å²) in [6, 6.07) is 2.25. The molecule has 4 nitrogen and oxygen atoms in total. The first kappa shape index (κ1) is 11.4. The van der Waals surface area contributed by atoms with Crippen molar-refractivity contribution in [1.29, 1.82) is 0 Å². The van der Waals surface area contributed by atoms with E-state index in [1.807, 2.05) is 32.3 Å². The van der Waals surface area contributed by atoms with Crippen molar-refractivity contribution in [2.75, 3.05) is 0 Å². The van der Waals surface area contributed by atoms with E-state index in [-0.39, 0.29) is 5.56 Å². The summed E-state index contributed by atoms with van der Waals surface area (Å²) in [5.74, 6) is 0.733. The zero-order chi connectivity index (χ0) is 12.9. The van der Waals surface area contributed by atoms with Gasteiger partial charge in [-0.25, -0.2) is 9.97 Å². The molecule has 0 aromatic carbocycles. The molecule has 0 bridgehead atoms. The Kier molecular flexibility index (Phi) is 2.50. The number of hydrogen-bond acceptors (Lipinski definition) is 3. The second kappa shape index (κ2) is 3.94. The van der Waals surface area contributed by atoms with Gasteiger partial charge in [-0.15, -0.1) is 0 Å². The van der Waals surface area contributed by atoms with E-state index >= 15 is 0 Å². The quantitative estimate of drug-likeness (QED) is 0.678. The molecule has 2 aromatic rings. The van der Waals surface area contributed by atoms with E-state index in [1.165, 1.54) is 6.42 Å². The third-order valence-electron chi connectivity index (χ3n) is 3.81. The van der Waals surface area contributed by atoms with Gasteiger partial charge >= 0.3 is 0 Å². The van der Waals surface area contributed by atoms with Gasteiger partial charge < -0.3 is 0 Å². The molecule has 92 valence electrons. The maximum absolute atomic E-state index is 12.3. The predicted octanol–water partition coefficient (Wildman–Crippen LogP) is 0.392. The summed E-state index contributed by atoms with van der Waals surface area (Å²) < 4.78 is 1.88. The van der Waals surface area contributed by atoms with E-state index in [0.29, 0.717) is 6.04 Å². The van der Waals surface area contributed by atoms with Crippen LogP contribution in [0.5, 0.6) is 0 Å². The highest BCUT2D eigenvalue weighted by atomic mass is 16.1. The standard InChI is InChI=1S/C13H16BN3O/c1-7-10-6-11(14)13(18)17(9-4-3-5-9)12(10)16-8(2)15-7/h6,9H,3-5,14H2,1-2H3. The van der Waals surface area contributed by atoms with Crippen LogP contribution in [-0.2, 0) is 0 Å². The first-order chi connectivity index (χ1) is 8.58. The molecule has 1 aliphatic rings. The van der Waals surface area contributed by atoms with Crippen molar-refractivity contribution in [2.45, 2.75) is 39.2 Å². The maximum atomic E-state index is 12.3. The van der Waals surface area contributed by atoms with Crippen LogP contribution in [0, 0.1) is 13.8 Å². The van der Waals surface area contributed by atoms with Crippen molar-refractivity contribution < 1.29 is 0 Å². The minimum absolute atomic E-state index is 0.102. The molecule has 1 saturated carbocycles. The molecule has 2 heterocycles. The number of aromatic nitrogens is 3. The fourth-order valence-corrected chi connectivity index (χ4v) is 2.60. The monoisotopic (exact) mass is 241 g/mol. The fourth-order valence-electron chi connectivity index (χ4n) is 2.60. The molecule has 1 aliphatic carbocycles. The molecule has 0 radical (unpaired) electrons. The van der Waals surface area contributed by atoms with Gasteiger partial charge in [-0.05, 0) is 38.6 Å². The molecular formula is C13H16BN3O. The van der Waals surface area contributed by atoms with E-state index < -0.39 is 0 Å². The van der Waals surface area contributed by atoms with Crippen molar-refractivity contribution in [1.82, 2.24) is 14.5 Å². The van der Waals surface area contributed by atoms with Crippen LogP contribution in [-0.4, -0.2) is 22.4 Å². The first-order valence-electron chi connectivity index (χ1n) is 6.45. The zero-order valence-corrected chi connectivity index (χ0v) is 11.0. The number of nitrogens with zero attached hydrogens (tertiary/aromatic N) is 3. The summed E-state index contributed by atoms with van der Waals surface area (Å²) in [5, 5.41) is 1.00. The number of fused-ring (bicyclic) bond motifs is 1. The van der Waals surface area contributed by atoms with E-state index in [0.717, 1.165) is 40.9 Å². The smallest absolute Gasteiger partial charge is 0.246 e. The van der Waals surface area contributed by atoms with Crippen LogP contribution in [0.25, 0.3) is 11.0 Å². The lowest BCUT2D eigenvalue weighted by Crippen LogP contribution is -2.39. The van der Waals surface area contributed by atoms with Gasteiger partial charge in [0, 0.05) is 11.4 Å². The number of rotatable bonds is 1. The number of pyridine rings is 1. The van der Waals surface area contributed by atoms with Crippen molar-refractivity contribution in [3.63, 3.8) is 0 Å². The largest absolute Gasteiger partial charge is 0.290 e. The molecule has 0 spiro atoms. The topological polar surface area (TPSA) is 47.8 Å². The molecule has 1 fully saturated rings. The molecule has 0 aliphatic heterocycles. The Balaban J connectivity index is 2.43. The van der Waals surface area contributed by atoms with Crippen LogP contribution in [0.2, 0.25) is 0 Å². The first-order valence-corrected chi connectivity index (χ1v) is 6.45. The summed E-state index contributed by atoms with van der Waals surface area (Å²) in [5.41, 5.74) is 2.64. The molecule has 0 N–H and O–H groups in total. The highest BCUT2D eigenvalue weighted by molar-refractivity contribution is 6.32. The fraction of sp³-hybridized carbons (Fsp3) is 0.462. The molecule has 3 rings (SSSR count). The van der Waals surface area contributed by atoms with Gasteiger partial charge in [-0.2, -0.15) is 0 Å². The van der Waals surface area contributed by atoms with Crippen molar-refractivity contribution in [3.8, 4) is 0 Å². The van der Waals surface area contributed by atoms with Gasteiger partial charge in [0.2, 0.25) is 5.56 Å². The van der Waals surface area contributed by atoms with E-state index in [1.54, 1.807) is 0 Å². The van der Waals surface area contributed by atoms with Crippen LogP contribution < -0.4 is 11.0 Å². The normalized spacial score (nSPS) is 15.9. The Bertz CT molecular complexity index is 689. The van der Waals surface area contributed by atoms with Crippen LogP contribution in [0.1, 0.15) is 36.8 Å². The van der Waals surface area contributed by atoms with Crippen molar-refractivity contribution in [2.24, 2.45) is 0 Å². The van der Waals surface area contributed by atoms with Gasteiger partial charge in [0.1, 0.15) is 19.3 Å². The third kappa shape index (κ3) is 1.57. The average molecular weight is 241 g/mol. The Morgan fingerprint density at radius 1 is 1.33 bits per heavy atom. The molecule has 5 heteroatoms. The third-order valence-corrected chi connectivity index (χ3v) is 3.81. The van der Waals surface area contributed by atoms with Crippen molar-refractivity contribution in [3.05, 3.63) is 27.9 Å². The van der Waals surface area contributed by atoms with E-state index in [9.17, 15) is 4.79 Å². The van der Waals surface area contributed by atoms with Crippen LogP contribution in [0.4, 0.5) is 0 Å². The number of hydrogen-bond donors (Lipinski definition) is 0. The summed E-state index contributed by atoms with van der Waals surface area (Å²) in [6.07, 6.45) is 3.37. The average Bonchev–Trinajstić information content (AvgIpc) is 2.24. The Labute approximate surface area is 106 Å². The molecule has 2 aromatic heterocycles. The summed E-state index contributed by atoms with van der Waals surface area (Å²) in [7, 11) is 1.87. The Morgan fingerprint density at radius 2 is 2.06 bits per heavy atom. The molecule has 0 saturated heterocycles. The van der Waals surface area contributed by atoms with E-state index in [2.05, 4.69) is 9.97 Å². The van der Waals surface area contributed by atoms with Gasteiger partial charge in [-0.3, -0.25) is 9.36 Å². The lowest BCUT2D eigenvalue weighted by molar-refractivity contribution is 0.314. The lowest BCUT2D eigenvalue weighted by Gasteiger charge is -2.29. The molecular weight excluding hydrogens is 225 g/mol. The second-order valence-electron chi connectivity index (χ2n) is 5.18. The van der Waals surface area contributed by atoms with Crippen LogP contribution >= 0.6 is 0 Å².